The number of aromatic amines is 1. The fourth-order valence-electron chi connectivity index (χ4n) is 1.74. The zero-order valence-corrected chi connectivity index (χ0v) is 11.0. The molecular formula is C13H11F3N2S. The van der Waals surface area contributed by atoms with E-state index in [1.54, 1.807) is 0 Å². The molecule has 19 heavy (non-hydrogen) atoms. The average molecular weight is 284 g/mol. The van der Waals surface area contributed by atoms with E-state index in [1.807, 2.05) is 6.92 Å². The normalized spacial score (nSPS) is 10.7. The summed E-state index contributed by atoms with van der Waals surface area (Å²) in [5.74, 6) is -3.36. The van der Waals surface area contributed by atoms with Crippen molar-refractivity contribution in [1.82, 2.24) is 9.97 Å². The average Bonchev–Trinajstić information content (AvgIpc) is 2.36. The summed E-state index contributed by atoms with van der Waals surface area (Å²) in [6, 6.07) is 3.47. The lowest BCUT2D eigenvalue weighted by Gasteiger charge is -2.07. The monoisotopic (exact) mass is 284 g/mol. The van der Waals surface area contributed by atoms with Gasteiger partial charge in [0.2, 0.25) is 0 Å². The van der Waals surface area contributed by atoms with E-state index in [-0.39, 0.29) is 10.2 Å². The first kappa shape index (κ1) is 13.7. The molecular weight excluding hydrogens is 273 g/mol. The highest BCUT2D eigenvalue weighted by Crippen LogP contribution is 2.24. The Labute approximate surface area is 113 Å². The second-order valence-electron chi connectivity index (χ2n) is 4.05. The topological polar surface area (TPSA) is 28.7 Å². The smallest absolute Gasteiger partial charge is 0.195 e. The molecule has 0 atom stereocenters. The van der Waals surface area contributed by atoms with Crippen LogP contribution in [0.2, 0.25) is 0 Å². The summed E-state index contributed by atoms with van der Waals surface area (Å²) in [5, 5.41) is 0. The number of H-pyrrole nitrogens is 1. The Morgan fingerprint density at radius 3 is 2.63 bits per heavy atom. The molecule has 0 aliphatic rings. The Hall–Kier alpha value is -1.69. The van der Waals surface area contributed by atoms with Gasteiger partial charge in [-0.25, -0.2) is 18.2 Å². The van der Waals surface area contributed by atoms with Crippen LogP contribution in [-0.4, -0.2) is 9.97 Å². The van der Waals surface area contributed by atoms with Crippen molar-refractivity contribution in [1.29, 1.82) is 0 Å². The van der Waals surface area contributed by atoms with E-state index in [0.717, 1.165) is 12.5 Å². The molecule has 0 aliphatic carbocycles. The molecule has 6 heteroatoms. The lowest BCUT2D eigenvalue weighted by Crippen LogP contribution is -2.00. The minimum absolute atomic E-state index is 0.0650. The van der Waals surface area contributed by atoms with Gasteiger partial charge >= 0.3 is 0 Å². The third kappa shape index (κ3) is 2.84. The number of hydrogen-bond acceptors (Lipinski definition) is 2. The van der Waals surface area contributed by atoms with E-state index in [0.29, 0.717) is 17.9 Å². The quantitative estimate of drug-likeness (QED) is 0.676. The maximum absolute atomic E-state index is 13.7. The van der Waals surface area contributed by atoms with Crippen LogP contribution in [0.15, 0.2) is 18.2 Å². The third-order valence-corrected chi connectivity index (χ3v) is 2.81. The highest BCUT2D eigenvalue weighted by molar-refractivity contribution is 7.71. The predicted molar refractivity (Wildman–Crippen MR) is 68.7 cm³/mol. The van der Waals surface area contributed by atoms with Crippen molar-refractivity contribution in [2.45, 2.75) is 19.8 Å². The van der Waals surface area contributed by atoms with Crippen LogP contribution < -0.4 is 0 Å². The Kier molecular flexibility index (Phi) is 3.99. The molecule has 0 saturated carbocycles. The molecule has 0 amide bonds. The molecule has 0 unspecified atom stereocenters. The molecule has 1 aromatic heterocycles. The van der Waals surface area contributed by atoms with E-state index in [2.05, 4.69) is 9.97 Å². The number of nitrogens with zero attached hydrogens (tertiary/aromatic N) is 1. The van der Waals surface area contributed by atoms with Crippen LogP contribution in [-0.2, 0) is 6.42 Å². The van der Waals surface area contributed by atoms with Gasteiger partial charge in [0, 0.05) is 12.0 Å². The molecule has 0 spiro atoms. The van der Waals surface area contributed by atoms with Gasteiger partial charge in [-0.15, -0.1) is 0 Å². The first-order chi connectivity index (χ1) is 9.02. The van der Waals surface area contributed by atoms with Crippen LogP contribution >= 0.6 is 12.2 Å². The van der Waals surface area contributed by atoms with Crippen LogP contribution in [0.4, 0.5) is 13.2 Å². The van der Waals surface area contributed by atoms with Crippen LogP contribution in [0.5, 0.6) is 0 Å². The summed E-state index contributed by atoms with van der Waals surface area (Å²) in [4.78, 5) is 6.97. The van der Waals surface area contributed by atoms with Gasteiger partial charge in [0.1, 0.15) is 10.5 Å². The van der Waals surface area contributed by atoms with E-state index >= 15 is 0 Å². The van der Waals surface area contributed by atoms with Crippen molar-refractivity contribution in [3.63, 3.8) is 0 Å². The van der Waals surface area contributed by atoms with Crippen LogP contribution in [0.1, 0.15) is 19.2 Å². The summed E-state index contributed by atoms with van der Waals surface area (Å²) in [6.07, 6.45) is 1.48. The van der Waals surface area contributed by atoms with Gasteiger partial charge in [0.05, 0.1) is 5.69 Å². The van der Waals surface area contributed by atoms with Gasteiger partial charge in [-0.2, -0.15) is 0 Å². The lowest BCUT2D eigenvalue weighted by molar-refractivity contribution is 0.448. The molecule has 2 aromatic rings. The van der Waals surface area contributed by atoms with Crippen molar-refractivity contribution in [2.75, 3.05) is 0 Å². The zero-order valence-electron chi connectivity index (χ0n) is 10.1. The lowest BCUT2D eigenvalue weighted by atomic mass is 10.1. The largest absolute Gasteiger partial charge is 0.343 e. The van der Waals surface area contributed by atoms with Crippen molar-refractivity contribution in [3.8, 4) is 11.3 Å². The molecule has 0 fully saturated rings. The molecule has 1 heterocycles. The number of nitrogens with one attached hydrogen (secondary N) is 1. The van der Waals surface area contributed by atoms with Crippen LogP contribution in [0.25, 0.3) is 11.3 Å². The number of hydrogen-bond donors (Lipinski definition) is 1. The van der Waals surface area contributed by atoms with E-state index in [4.69, 9.17) is 12.2 Å². The van der Waals surface area contributed by atoms with Gasteiger partial charge in [-0.05, 0) is 24.6 Å². The number of halogens is 3. The Bertz CT molecular complexity index is 667. The molecule has 0 saturated heterocycles. The number of benzene rings is 1. The van der Waals surface area contributed by atoms with Gasteiger partial charge < -0.3 is 4.98 Å². The molecule has 0 radical (unpaired) electrons. The van der Waals surface area contributed by atoms with Crippen molar-refractivity contribution < 1.29 is 13.2 Å². The molecule has 2 nitrogen and oxygen atoms in total. The molecule has 100 valence electrons. The first-order valence-corrected chi connectivity index (χ1v) is 6.18. The number of aromatic nitrogens is 2. The van der Waals surface area contributed by atoms with Crippen LogP contribution in [0.3, 0.4) is 0 Å². The Morgan fingerprint density at radius 1 is 1.21 bits per heavy atom. The Morgan fingerprint density at radius 2 is 1.95 bits per heavy atom. The summed E-state index contributed by atoms with van der Waals surface area (Å²) in [6.45, 7) is 1.96. The maximum atomic E-state index is 13.7. The van der Waals surface area contributed by atoms with Gasteiger partial charge in [-0.1, -0.05) is 19.1 Å². The molecule has 0 aliphatic heterocycles. The zero-order chi connectivity index (χ0) is 14.0. The van der Waals surface area contributed by atoms with Crippen molar-refractivity contribution in [3.05, 3.63) is 46.1 Å². The minimum Gasteiger partial charge on any atom is -0.343 e. The fraction of sp³-hybridized carbons (Fsp3) is 0.231. The van der Waals surface area contributed by atoms with Crippen molar-refractivity contribution >= 4 is 12.2 Å². The Balaban J connectivity index is 2.59. The fourth-order valence-corrected chi connectivity index (χ4v) is 1.97. The summed E-state index contributed by atoms with van der Waals surface area (Å²) in [5.41, 5.74) is 0.226. The molecule has 1 N–H and O–H groups in total. The van der Waals surface area contributed by atoms with E-state index in [1.165, 1.54) is 12.1 Å². The van der Waals surface area contributed by atoms with E-state index in [9.17, 15) is 13.2 Å². The van der Waals surface area contributed by atoms with Crippen LogP contribution in [0, 0.1) is 22.1 Å². The number of aryl methyl sites for hydroxylation is 1. The van der Waals surface area contributed by atoms with E-state index < -0.39 is 17.5 Å². The third-order valence-electron chi connectivity index (χ3n) is 2.60. The second kappa shape index (κ2) is 5.52. The summed E-state index contributed by atoms with van der Waals surface area (Å²) in [7, 11) is 0. The SMILES string of the molecule is CCCc1nc(=S)cc(-c2ccc(F)c(F)c2F)[nH]1. The summed E-state index contributed by atoms with van der Waals surface area (Å²) >= 11 is 4.98. The molecule has 2 rings (SSSR count). The van der Waals surface area contributed by atoms with Crippen molar-refractivity contribution in [2.24, 2.45) is 0 Å². The first-order valence-electron chi connectivity index (χ1n) is 5.77. The predicted octanol–water partition coefficient (Wildman–Crippen LogP) is 4.18. The van der Waals surface area contributed by atoms with Gasteiger partial charge in [0.15, 0.2) is 17.5 Å². The molecule has 1 aromatic carbocycles. The van der Waals surface area contributed by atoms with Gasteiger partial charge in [-0.3, -0.25) is 0 Å². The summed E-state index contributed by atoms with van der Waals surface area (Å²) < 4.78 is 40.1. The minimum atomic E-state index is -1.49. The maximum Gasteiger partial charge on any atom is 0.195 e. The highest BCUT2D eigenvalue weighted by Gasteiger charge is 2.15. The highest BCUT2D eigenvalue weighted by atomic mass is 32.1. The number of rotatable bonds is 3. The van der Waals surface area contributed by atoms with Gasteiger partial charge in [0.25, 0.3) is 0 Å². The standard InChI is InChI=1S/C13H11F3N2S/c1-2-3-10-17-9(6-11(19)18-10)7-4-5-8(14)13(16)12(7)15/h4-6H,2-3H2,1H3,(H,17,18,19). The molecule has 0 bridgehead atoms. The second-order valence-corrected chi connectivity index (χ2v) is 4.47.